The summed E-state index contributed by atoms with van der Waals surface area (Å²) in [4.78, 5) is 19.8. The van der Waals surface area contributed by atoms with Gasteiger partial charge < -0.3 is 20.7 Å². The summed E-state index contributed by atoms with van der Waals surface area (Å²) in [6.45, 7) is 4.84. The van der Waals surface area contributed by atoms with E-state index in [1.807, 2.05) is 24.3 Å². The smallest absolute Gasteiger partial charge is 0.251 e. The molecule has 1 amide bonds. The third-order valence-corrected chi connectivity index (χ3v) is 5.92. The van der Waals surface area contributed by atoms with Crippen molar-refractivity contribution in [2.75, 3.05) is 46.9 Å². The molecule has 30 heavy (non-hydrogen) atoms. The van der Waals surface area contributed by atoms with Crippen LogP contribution >= 0.6 is 35.3 Å². The molecule has 1 atom stereocenters. The molecule has 7 nitrogen and oxygen atoms in total. The summed E-state index contributed by atoms with van der Waals surface area (Å²) >= 11 is 1.78. The van der Waals surface area contributed by atoms with Gasteiger partial charge in [-0.15, -0.1) is 35.3 Å². The number of guanidine groups is 1. The maximum absolute atomic E-state index is 11.6. The number of amides is 1. The van der Waals surface area contributed by atoms with Gasteiger partial charge in [0, 0.05) is 50.7 Å². The van der Waals surface area contributed by atoms with E-state index < -0.39 is 0 Å². The second-order valence-electron chi connectivity index (χ2n) is 6.76. The minimum Gasteiger partial charge on any atom is -0.379 e. The van der Waals surface area contributed by atoms with Crippen LogP contribution in [-0.4, -0.2) is 63.7 Å². The van der Waals surface area contributed by atoms with E-state index in [2.05, 4.69) is 43.4 Å². The molecule has 9 heteroatoms. The van der Waals surface area contributed by atoms with E-state index in [-0.39, 0.29) is 29.9 Å². The van der Waals surface area contributed by atoms with Crippen molar-refractivity contribution in [1.29, 1.82) is 0 Å². The number of ether oxygens (including phenoxy) is 1. The summed E-state index contributed by atoms with van der Waals surface area (Å²) in [7, 11) is 3.41. The molecular weight excluding hydrogens is 513 g/mol. The molecule has 1 unspecified atom stereocenters. The van der Waals surface area contributed by atoms with Crippen molar-refractivity contribution in [3.8, 4) is 0 Å². The molecule has 3 N–H and O–H groups in total. The Hall–Kier alpha value is -1.69. The van der Waals surface area contributed by atoms with E-state index in [1.54, 1.807) is 25.4 Å². The number of hydrogen-bond donors (Lipinski definition) is 3. The standard InChI is InChI=1S/C21H29N5O2S.HI/c1-22-20(27)17-7-5-16(6-8-17)14-24-21(23-2)25-15-18(19-4-3-13-29-19)26-9-11-28-12-10-26;/h3-8,13,18H,9-12,14-15H2,1-2H3,(H,22,27)(H2,23,24,25);1H. The number of nitrogens with zero attached hydrogens (tertiary/aromatic N) is 2. The van der Waals surface area contributed by atoms with Gasteiger partial charge in [0.1, 0.15) is 0 Å². The summed E-state index contributed by atoms with van der Waals surface area (Å²) < 4.78 is 5.51. The van der Waals surface area contributed by atoms with Gasteiger partial charge in [0.15, 0.2) is 5.96 Å². The van der Waals surface area contributed by atoms with Crippen molar-refractivity contribution >= 4 is 47.2 Å². The predicted octanol–water partition coefficient (Wildman–Crippen LogP) is 2.46. The average molecular weight is 543 g/mol. The van der Waals surface area contributed by atoms with Crippen LogP contribution < -0.4 is 16.0 Å². The summed E-state index contributed by atoms with van der Waals surface area (Å²) in [5.41, 5.74) is 1.74. The Morgan fingerprint density at radius 1 is 1.20 bits per heavy atom. The lowest BCUT2D eigenvalue weighted by atomic mass is 10.1. The monoisotopic (exact) mass is 543 g/mol. The van der Waals surface area contributed by atoms with Gasteiger partial charge in [0.2, 0.25) is 0 Å². The van der Waals surface area contributed by atoms with E-state index >= 15 is 0 Å². The number of carbonyl (C=O) groups excluding carboxylic acids is 1. The first-order valence-electron chi connectivity index (χ1n) is 9.82. The van der Waals surface area contributed by atoms with Crippen molar-refractivity contribution in [2.45, 2.75) is 12.6 Å². The molecule has 1 aliphatic heterocycles. The van der Waals surface area contributed by atoms with E-state index in [0.29, 0.717) is 18.2 Å². The highest BCUT2D eigenvalue weighted by Gasteiger charge is 2.23. The molecular formula is C21H30IN5O2S. The SMILES string of the molecule is CN=C(NCc1ccc(C(=O)NC)cc1)NCC(c1cccs1)N1CCOCC1.I. The summed E-state index contributed by atoms with van der Waals surface area (Å²) in [5, 5.41) is 11.6. The highest BCUT2D eigenvalue weighted by atomic mass is 127. The second kappa shape index (κ2) is 12.9. The molecule has 0 bridgehead atoms. The summed E-state index contributed by atoms with van der Waals surface area (Å²) in [6.07, 6.45) is 0. The van der Waals surface area contributed by atoms with Crippen LogP contribution in [0.1, 0.15) is 26.8 Å². The number of carbonyl (C=O) groups is 1. The normalized spacial score (nSPS) is 15.7. The van der Waals surface area contributed by atoms with Gasteiger partial charge in [-0.05, 0) is 29.1 Å². The van der Waals surface area contributed by atoms with Crippen molar-refractivity contribution in [3.05, 3.63) is 57.8 Å². The van der Waals surface area contributed by atoms with Gasteiger partial charge in [-0.2, -0.15) is 0 Å². The highest BCUT2D eigenvalue weighted by molar-refractivity contribution is 14.0. The number of hydrogen-bond acceptors (Lipinski definition) is 5. The zero-order chi connectivity index (χ0) is 20.5. The first-order chi connectivity index (χ1) is 14.2. The van der Waals surface area contributed by atoms with Crippen molar-refractivity contribution < 1.29 is 9.53 Å². The van der Waals surface area contributed by atoms with Crippen molar-refractivity contribution in [3.63, 3.8) is 0 Å². The fourth-order valence-corrected chi connectivity index (χ4v) is 4.16. The van der Waals surface area contributed by atoms with E-state index in [0.717, 1.165) is 44.4 Å². The van der Waals surface area contributed by atoms with Crippen molar-refractivity contribution in [2.24, 2.45) is 4.99 Å². The molecule has 1 fully saturated rings. The number of thiophene rings is 1. The molecule has 3 rings (SSSR count). The van der Waals surface area contributed by atoms with E-state index in [1.165, 1.54) is 4.88 Å². The summed E-state index contributed by atoms with van der Waals surface area (Å²) in [6, 6.07) is 12.2. The Balaban J connectivity index is 0.00000320. The minimum atomic E-state index is -0.0790. The Morgan fingerprint density at radius 2 is 1.93 bits per heavy atom. The Morgan fingerprint density at radius 3 is 2.53 bits per heavy atom. The van der Waals surface area contributed by atoms with Gasteiger partial charge in [0.05, 0.1) is 19.3 Å². The number of nitrogens with one attached hydrogen (secondary N) is 3. The molecule has 0 spiro atoms. The van der Waals surface area contributed by atoms with Crippen LogP contribution in [0.3, 0.4) is 0 Å². The third-order valence-electron chi connectivity index (χ3n) is 4.95. The van der Waals surface area contributed by atoms with Gasteiger partial charge in [0.25, 0.3) is 5.91 Å². The molecule has 1 aliphatic rings. The van der Waals surface area contributed by atoms with Gasteiger partial charge in [-0.25, -0.2) is 0 Å². The van der Waals surface area contributed by atoms with Crippen LogP contribution in [0.4, 0.5) is 0 Å². The molecule has 2 heterocycles. The van der Waals surface area contributed by atoms with E-state index in [4.69, 9.17) is 4.74 Å². The Kier molecular flexibility index (Phi) is 10.6. The molecule has 2 aromatic rings. The van der Waals surface area contributed by atoms with Crippen LogP contribution in [0.2, 0.25) is 0 Å². The van der Waals surface area contributed by atoms with Gasteiger partial charge in [-0.1, -0.05) is 18.2 Å². The minimum absolute atomic E-state index is 0. The largest absolute Gasteiger partial charge is 0.379 e. The lowest BCUT2D eigenvalue weighted by Gasteiger charge is -2.34. The Bertz CT molecular complexity index is 792. The number of rotatable bonds is 7. The molecule has 1 aromatic carbocycles. The molecule has 164 valence electrons. The molecule has 1 saturated heterocycles. The lowest BCUT2D eigenvalue weighted by molar-refractivity contribution is 0.0177. The van der Waals surface area contributed by atoms with E-state index in [9.17, 15) is 4.79 Å². The van der Waals surface area contributed by atoms with Crippen LogP contribution in [0.15, 0.2) is 46.8 Å². The Labute approximate surface area is 199 Å². The van der Waals surface area contributed by atoms with Gasteiger partial charge >= 0.3 is 0 Å². The topological polar surface area (TPSA) is 78.0 Å². The van der Waals surface area contributed by atoms with Crippen LogP contribution in [-0.2, 0) is 11.3 Å². The average Bonchev–Trinajstić information content (AvgIpc) is 3.31. The maximum atomic E-state index is 11.6. The molecule has 0 radical (unpaired) electrons. The first-order valence-corrected chi connectivity index (χ1v) is 10.7. The van der Waals surface area contributed by atoms with Crippen LogP contribution in [0.5, 0.6) is 0 Å². The lowest BCUT2D eigenvalue weighted by Crippen LogP contribution is -2.46. The summed E-state index contributed by atoms with van der Waals surface area (Å²) in [5.74, 6) is 0.680. The first kappa shape index (κ1) is 24.6. The molecule has 0 aliphatic carbocycles. The maximum Gasteiger partial charge on any atom is 0.251 e. The quantitative estimate of drug-likeness (QED) is 0.284. The van der Waals surface area contributed by atoms with Crippen LogP contribution in [0.25, 0.3) is 0 Å². The number of morpholine rings is 1. The number of halogens is 1. The third kappa shape index (κ3) is 6.93. The molecule has 1 aromatic heterocycles. The number of aliphatic imine (C=N–C) groups is 1. The van der Waals surface area contributed by atoms with Gasteiger partial charge in [-0.3, -0.25) is 14.7 Å². The number of benzene rings is 1. The van der Waals surface area contributed by atoms with Crippen molar-refractivity contribution in [1.82, 2.24) is 20.9 Å². The van der Waals surface area contributed by atoms with Crippen LogP contribution in [0, 0.1) is 0 Å². The zero-order valence-corrected chi connectivity index (χ0v) is 20.5. The zero-order valence-electron chi connectivity index (χ0n) is 17.4. The molecule has 0 saturated carbocycles. The fraction of sp³-hybridized carbons (Fsp3) is 0.429. The fourth-order valence-electron chi connectivity index (χ4n) is 3.30. The predicted molar refractivity (Wildman–Crippen MR) is 133 cm³/mol. The second-order valence-corrected chi connectivity index (χ2v) is 7.74. The highest BCUT2D eigenvalue weighted by Crippen LogP contribution is 2.25.